The van der Waals surface area contributed by atoms with Crippen LogP contribution < -0.4 is 5.32 Å². The van der Waals surface area contributed by atoms with Crippen molar-refractivity contribution in [1.82, 2.24) is 4.98 Å². The number of hydrogen-bond acceptors (Lipinski definition) is 5. The monoisotopic (exact) mass is 253 g/mol. The van der Waals surface area contributed by atoms with E-state index in [1.54, 1.807) is 20.8 Å². The molecule has 7 nitrogen and oxygen atoms in total. The van der Waals surface area contributed by atoms with Crippen molar-refractivity contribution in [3.05, 3.63) is 27.9 Å². The van der Waals surface area contributed by atoms with E-state index in [1.165, 1.54) is 6.07 Å². The number of aromatic nitrogens is 1. The van der Waals surface area contributed by atoms with Gasteiger partial charge in [-0.3, -0.25) is 14.9 Å². The number of anilines is 1. The first kappa shape index (κ1) is 13.9. The highest BCUT2D eigenvalue weighted by molar-refractivity contribution is 5.74. The highest BCUT2D eigenvalue weighted by Crippen LogP contribution is 2.20. The standard InChI is InChI=1S/C11H15N3O4/c1-7-4-8(14(17)18)5-12-9(7)13-6-11(2,3)10(15)16/h4-5H,6H2,1-3H3,(H,12,13)(H,15,16). The Morgan fingerprint density at radius 1 is 1.61 bits per heavy atom. The largest absolute Gasteiger partial charge is 0.481 e. The van der Waals surface area contributed by atoms with Gasteiger partial charge in [0.2, 0.25) is 0 Å². The molecule has 0 aliphatic rings. The minimum Gasteiger partial charge on any atom is -0.481 e. The van der Waals surface area contributed by atoms with Crippen LogP contribution in [-0.4, -0.2) is 27.5 Å². The van der Waals surface area contributed by atoms with Gasteiger partial charge in [-0.1, -0.05) is 0 Å². The highest BCUT2D eigenvalue weighted by Gasteiger charge is 2.27. The molecular weight excluding hydrogens is 238 g/mol. The summed E-state index contributed by atoms with van der Waals surface area (Å²) in [5.41, 5.74) is -0.420. The van der Waals surface area contributed by atoms with Crippen LogP contribution in [0.25, 0.3) is 0 Å². The number of pyridine rings is 1. The van der Waals surface area contributed by atoms with Crippen molar-refractivity contribution >= 4 is 17.5 Å². The SMILES string of the molecule is Cc1cc([N+](=O)[O-])cnc1NCC(C)(C)C(=O)O. The summed E-state index contributed by atoms with van der Waals surface area (Å²) in [6.45, 7) is 5.04. The third kappa shape index (κ3) is 3.16. The molecule has 0 amide bonds. The molecule has 0 fully saturated rings. The van der Waals surface area contributed by atoms with Crippen LogP contribution in [0.2, 0.25) is 0 Å². The molecule has 7 heteroatoms. The van der Waals surface area contributed by atoms with Crippen LogP contribution in [0, 0.1) is 22.5 Å². The molecule has 0 aliphatic heterocycles. The van der Waals surface area contributed by atoms with Crippen LogP contribution in [0.5, 0.6) is 0 Å². The fraction of sp³-hybridized carbons (Fsp3) is 0.455. The zero-order valence-electron chi connectivity index (χ0n) is 10.4. The Bertz CT molecular complexity index is 485. The second-order valence-electron chi connectivity index (χ2n) is 4.66. The number of aliphatic carboxylic acids is 1. The van der Waals surface area contributed by atoms with Crippen molar-refractivity contribution in [1.29, 1.82) is 0 Å². The van der Waals surface area contributed by atoms with Gasteiger partial charge in [0, 0.05) is 12.6 Å². The third-order valence-electron chi connectivity index (χ3n) is 2.55. The quantitative estimate of drug-likeness (QED) is 0.612. The van der Waals surface area contributed by atoms with E-state index in [-0.39, 0.29) is 12.2 Å². The molecule has 0 bridgehead atoms. The average molecular weight is 253 g/mol. The van der Waals surface area contributed by atoms with E-state index in [4.69, 9.17) is 5.11 Å². The molecule has 0 aromatic carbocycles. The smallest absolute Gasteiger partial charge is 0.310 e. The first-order chi connectivity index (χ1) is 8.24. The Morgan fingerprint density at radius 3 is 2.67 bits per heavy atom. The van der Waals surface area contributed by atoms with Crippen LogP contribution in [-0.2, 0) is 4.79 Å². The Morgan fingerprint density at radius 2 is 2.22 bits per heavy atom. The summed E-state index contributed by atoms with van der Waals surface area (Å²) in [4.78, 5) is 24.9. The number of nitrogens with one attached hydrogen (secondary N) is 1. The molecule has 0 radical (unpaired) electrons. The van der Waals surface area contributed by atoms with E-state index in [9.17, 15) is 14.9 Å². The molecule has 1 rings (SSSR count). The fourth-order valence-corrected chi connectivity index (χ4v) is 1.23. The molecule has 1 aromatic heterocycles. The first-order valence-electron chi connectivity index (χ1n) is 5.32. The minimum absolute atomic E-state index is 0.0875. The van der Waals surface area contributed by atoms with Crippen LogP contribution in [0.15, 0.2) is 12.3 Å². The Balaban J connectivity index is 2.81. The van der Waals surface area contributed by atoms with Crippen LogP contribution in [0.3, 0.4) is 0 Å². The van der Waals surface area contributed by atoms with Crippen molar-refractivity contribution in [2.45, 2.75) is 20.8 Å². The molecule has 1 aromatic rings. The van der Waals surface area contributed by atoms with Crippen molar-refractivity contribution in [2.24, 2.45) is 5.41 Å². The molecule has 0 spiro atoms. The maximum absolute atomic E-state index is 10.9. The Labute approximate surface area is 104 Å². The number of carboxylic acid groups (broad SMARTS) is 1. The first-order valence-corrected chi connectivity index (χ1v) is 5.32. The molecular formula is C11H15N3O4. The van der Waals surface area contributed by atoms with E-state index < -0.39 is 16.3 Å². The summed E-state index contributed by atoms with van der Waals surface area (Å²) < 4.78 is 0. The molecule has 2 N–H and O–H groups in total. The second-order valence-corrected chi connectivity index (χ2v) is 4.66. The van der Waals surface area contributed by atoms with Gasteiger partial charge in [-0.2, -0.15) is 0 Å². The maximum Gasteiger partial charge on any atom is 0.310 e. The van der Waals surface area contributed by atoms with Crippen molar-refractivity contribution in [3.63, 3.8) is 0 Å². The van der Waals surface area contributed by atoms with Gasteiger partial charge in [0.1, 0.15) is 12.0 Å². The summed E-state index contributed by atoms with van der Waals surface area (Å²) in [5.74, 6) is -0.468. The molecule has 0 saturated carbocycles. The van der Waals surface area contributed by atoms with Crippen LogP contribution >= 0.6 is 0 Å². The van der Waals surface area contributed by atoms with E-state index in [2.05, 4.69) is 10.3 Å². The molecule has 0 unspecified atom stereocenters. The predicted molar refractivity (Wildman–Crippen MR) is 65.5 cm³/mol. The topological polar surface area (TPSA) is 105 Å². The molecule has 0 saturated heterocycles. The van der Waals surface area contributed by atoms with Gasteiger partial charge < -0.3 is 10.4 Å². The number of carboxylic acids is 1. The van der Waals surface area contributed by atoms with Crippen molar-refractivity contribution in [3.8, 4) is 0 Å². The lowest BCUT2D eigenvalue weighted by atomic mass is 9.94. The average Bonchev–Trinajstić information content (AvgIpc) is 2.26. The van der Waals surface area contributed by atoms with Gasteiger partial charge in [-0.05, 0) is 26.3 Å². The number of hydrogen-bond donors (Lipinski definition) is 2. The summed E-state index contributed by atoms with van der Waals surface area (Å²) in [7, 11) is 0. The van der Waals surface area contributed by atoms with Crippen molar-refractivity contribution in [2.75, 3.05) is 11.9 Å². The number of rotatable bonds is 5. The highest BCUT2D eigenvalue weighted by atomic mass is 16.6. The molecule has 1 heterocycles. The fourth-order valence-electron chi connectivity index (χ4n) is 1.23. The van der Waals surface area contributed by atoms with E-state index in [1.807, 2.05) is 0 Å². The number of carbonyl (C=O) groups is 1. The van der Waals surface area contributed by atoms with Crippen molar-refractivity contribution < 1.29 is 14.8 Å². The van der Waals surface area contributed by atoms with E-state index >= 15 is 0 Å². The number of nitro groups is 1. The zero-order chi connectivity index (χ0) is 13.9. The lowest BCUT2D eigenvalue weighted by Crippen LogP contribution is -2.32. The zero-order valence-corrected chi connectivity index (χ0v) is 10.4. The van der Waals surface area contributed by atoms with Crippen LogP contribution in [0.1, 0.15) is 19.4 Å². The number of nitrogens with zero attached hydrogens (tertiary/aromatic N) is 2. The summed E-state index contributed by atoms with van der Waals surface area (Å²) in [6, 6.07) is 1.39. The third-order valence-corrected chi connectivity index (χ3v) is 2.55. The number of aryl methyl sites for hydroxylation is 1. The van der Waals surface area contributed by atoms with Gasteiger partial charge in [0.25, 0.3) is 5.69 Å². The van der Waals surface area contributed by atoms with E-state index in [0.717, 1.165) is 6.20 Å². The van der Waals surface area contributed by atoms with Gasteiger partial charge in [-0.15, -0.1) is 0 Å². The van der Waals surface area contributed by atoms with Gasteiger partial charge in [-0.25, -0.2) is 4.98 Å². The molecule has 98 valence electrons. The molecule has 0 aliphatic carbocycles. The summed E-state index contributed by atoms with van der Waals surface area (Å²) in [6.07, 6.45) is 1.14. The minimum atomic E-state index is -0.935. The van der Waals surface area contributed by atoms with Gasteiger partial charge in [0.15, 0.2) is 0 Å². The Kier molecular flexibility index (Phi) is 3.85. The molecule has 0 atom stereocenters. The summed E-state index contributed by atoms with van der Waals surface area (Å²) >= 11 is 0. The second kappa shape index (κ2) is 4.99. The predicted octanol–water partition coefficient (Wildman–Crippen LogP) is 1.82. The molecule has 18 heavy (non-hydrogen) atoms. The van der Waals surface area contributed by atoms with Crippen LogP contribution in [0.4, 0.5) is 11.5 Å². The van der Waals surface area contributed by atoms with E-state index in [0.29, 0.717) is 11.4 Å². The Hall–Kier alpha value is -2.18. The van der Waals surface area contributed by atoms with Gasteiger partial charge >= 0.3 is 5.97 Å². The summed E-state index contributed by atoms with van der Waals surface area (Å²) in [5, 5.41) is 22.4. The maximum atomic E-state index is 10.9. The van der Waals surface area contributed by atoms with Gasteiger partial charge in [0.05, 0.1) is 10.3 Å². The lowest BCUT2D eigenvalue weighted by molar-refractivity contribution is -0.385. The lowest BCUT2D eigenvalue weighted by Gasteiger charge is -2.20. The normalized spacial score (nSPS) is 11.1.